The Morgan fingerprint density at radius 1 is 1.19 bits per heavy atom. The molecule has 0 spiro atoms. The van der Waals surface area contributed by atoms with E-state index in [4.69, 9.17) is 26.5 Å². The molecular weight excluding hydrogens is 266 g/mol. The number of benzene rings is 1. The van der Waals surface area contributed by atoms with Crippen LogP contribution < -0.4 is 9.47 Å². The molecule has 0 radical (unpaired) electrons. The lowest BCUT2D eigenvalue weighted by molar-refractivity contribution is 0.0358. The first-order chi connectivity index (χ1) is 13.8. The van der Waals surface area contributed by atoms with Crippen LogP contribution >= 0.6 is 0 Å². The second kappa shape index (κ2) is 9.64. The Kier molecular flexibility index (Phi) is 3.60. The first-order valence-corrected chi connectivity index (χ1v) is 7.00. The molecule has 0 amide bonds. The molecule has 1 aromatic rings. The molecule has 21 heavy (non-hydrogen) atoms. The average Bonchev–Trinajstić information content (AvgIpc) is 2.66. The van der Waals surface area contributed by atoms with Gasteiger partial charge in [0.05, 0.1) is 29.1 Å². The highest BCUT2D eigenvalue weighted by molar-refractivity contribution is 5.31. The molecule has 4 heteroatoms. The van der Waals surface area contributed by atoms with Crippen LogP contribution in [0.2, 0.25) is 0 Å². The molecule has 0 saturated carbocycles. The van der Waals surface area contributed by atoms with Crippen molar-refractivity contribution in [3.63, 3.8) is 0 Å². The molecular formula is C17H27NO3. The molecule has 118 valence electrons. The summed E-state index contributed by atoms with van der Waals surface area (Å²) < 4.78 is 83.9. The van der Waals surface area contributed by atoms with Gasteiger partial charge in [-0.3, -0.25) is 4.90 Å². The largest absolute Gasteiger partial charge is 0.494 e. The van der Waals surface area contributed by atoms with Gasteiger partial charge in [-0.25, -0.2) is 0 Å². The first kappa shape index (κ1) is 7.84. The van der Waals surface area contributed by atoms with E-state index in [1.54, 1.807) is 0 Å². The molecule has 0 unspecified atom stereocenters. The highest BCUT2D eigenvalue weighted by Gasteiger charge is 2.09. The summed E-state index contributed by atoms with van der Waals surface area (Å²) in [6.07, 6.45) is -6.09. The molecule has 1 aliphatic heterocycles. The molecule has 1 aromatic carbocycles. The summed E-state index contributed by atoms with van der Waals surface area (Å²) in [6.45, 7) is -1.94. The van der Waals surface area contributed by atoms with Gasteiger partial charge in [0.2, 0.25) is 0 Å². The van der Waals surface area contributed by atoms with Crippen molar-refractivity contribution < 1.29 is 26.5 Å². The zero-order chi connectivity index (χ0) is 22.6. The summed E-state index contributed by atoms with van der Waals surface area (Å²) in [4.78, 5) is 2.29. The topological polar surface area (TPSA) is 30.9 Å². The smallest absolute Gasteiger partial charge is 0.119 e. The normalized spacial score (nSPS) is 24.9. The van der Waals surface area contributed by atoms with Crippen molar-refractivity contribution in [3.8, 4) is 11.5 Å². The predicted octanol–water partition coefficient (Wildman–Crippen LogP) is 2.97. The lowest BCUT2D eigenvalue weighted by Gasteiger charge is -2.26. The summed E-state index contributed by atoms with van der Waals surface area (Å²) >= 11 is 0. The summed E-state index contributed by atoms with van der Waals surface area (Å²) in [5.74, 6) is 0.441. The van der Waals surface area contributed by atoms with E-state index in [9.17, 15) is 0 Å². The molecule has 1 fully saturated rings. The lowest BCUT2D eigenvalue weighted by atomic mass is 10.3. The van der Waals surface area contributed by atoms with Crippen LogP contribution in [-0.2, 0) is 4.74 Å². The standard InChI is InChI=1S/C17H27NO3/c1-2-3-12-20-16-5-7-17(8-6-16)21-13-4-9-18-10-14-19-15-11-18/h5-8H,2-4,9-15H2,1H3/i1D3,2D2,3D2,12D2. The molecule has 0 aliphatic carbocycles. The van der Waals surface area contributed by atoms with Gasteiger partial charge in [-0.2, -0.15) is 0 Å². The Labute approximate surface area is 140 Å². The van der Waals surface area contributed by atoms with Crippen molar-refractivity contribution >= 4 is 0 Å². The van der Waals surface area contributed by atoms with Crippen molar-refractivity contribution in [2.45, 2.75) is 26.0 Å². The fourth-order valence-electron chi connectivity index (χ4n) is 2.02. The second-order valence-corrected chi connectivity index (χ2v) is 4.58. The zero-order valence-electron chi connectivity index (χ0n) is 20.9. The van der Waals surface area contributed by atoms with Crippen molar-refractivity contribution in [2.24, 2.45) is 0 Å². The van der Waals surface area contributed by atoms with Crippen LogP contribution in [0.3, 0.4) is 0 Å². The zero-order valence-corrected chi connectivity index (χ0v) is 11.9. The fourth-order valence-corrected chi connectivity index (χ4v) is 2.02. The second-order valence-electron chi connectivity index (χ2n) is 4.58. The van der Waals surface area contributed by atoms with Gasteiger partial charge in [0.15, 0.2) is 0 Å². The van der Waals surface area contributed by atoms with Gasteiger partial charge in [0.25, 0.3) is 0 Å². The highest BCUT2D eigenvalue weighted by atomic mass is 16.5. The predicted molar refractivity (Wildman–Crippen MR) is 84.2 cm³/mol. The Hall–Kier alpha value is -1.26. The quantitative estimate of drug-likeness (QED) is 0.656. The van der Waals surface area contributed by atoms with Crippen LogP contribution in [0, 0.1) is 0 Å². The summed E-state index contributed by atoms with van der Waals surface area (Å²) in [5.41, 5.74) is 0. The minimum atomic E-state index is -3.47. The van der Waals surface area contributed by atoms with E-state index in [0.29, 0.717) is 12.4 Å². The lowest BCUT2D eigenvalue weighted by Crippen LogP contribution is -2.37. The van der Waals surface area contributed by atoms with Gasteiger partial charge in [-0.1, -0.05) is 13.2 Å². The van der Waals surface area contributed by atoms with Crippen LogP contribution in [0.4, 0.5) is 0 Å². The third-order valence-electron chi connectivity index (χ3n) is 3.10. The molecule has 0 atom stereocenters. The molecule has 0 aromatic heterocycles. The SMILES string of the molecule is [2H]C([2H])([2H])C([2H])([2H])C([2H])([2H])C([2H])([2H])Oc1ccc(OCCCN2CCOCC2)cc1. The summed E-state index contributed by atoms with van der Waals surface area (Å²) in [7, 11) is 0. The molecule has 2 rings (SSSR count). The molecule has 0 bridgehead atoms. The summed E-state index contributed by atoms with van der Waals surface area (Å²) in [6, 6.07) is 5.76. The van der Waals surface area contributed by atoms with Gasteiger partial charge in [0, 0.05) is 29.2 Å². The molecule has 0 N–H and O–H groups in total. The number of nitrogens with zero attached hydrogens (tertiary/aromatic N) is 1. The molecule has 1 saturated heterocycles. The third kappa shape index (κ3) is 6.36. The Morgan fingerprint density at radius 3 is 2.62 bits per heavy atom. The van der Waals surface area contributed by atoms with E-state index < -0.39 is 26.2 Å². The molecule has 1 heterocycles. The number of rotatable bonds is 9. The van der Waals surface area contributed by atoms with Crippen molar-refractivity contribution in [3.05, 3.63) is 24.3 Å². The minimum Gasteiger partial charge on any atom is -0.494 e. The van der Waals surface area contributed by atoms with E-state index >= 15 is 0 Å². The van der Waals surface area contributed by atoms with E-state index in [1.165, 1.54) is 24.3 Å². The van der Waals surface area contributed by atoms with E-state index in [-0.39, 0.29) is 5.75 Å². The molecule has 1 aliphatic rings. The van der Waals surface area contributed by atoms with Gasteiger partial charge in [0.1, 0.15) is 11.5 Å². The van der Waals surface area contributed by atoms with E-state index in [2.05, 4.69) is 4.90 Å². The maximum atomic E-state index is 7.82. The Balaban J connectivity index is 1.90. The van der Waals surface area contributed by atoms with Crippen molar-refractivity contribution in [2.75, 3.05) is 46.0 Å². The number of hydrogen-bond donors (Lipinski definition) is 0. The summed E-state index contributed by atoms with van der Waals surface area (Å²) in [5, 5.41) is 0. The van der Waals surface area contributed by atoms with Crippen molar-refractivity contribution in [1.29, 1.82) is 0 Å². The maximum Gasteiger partial charge on any atom is 0.119 e. The van der Waals surface area contributed by atoms with Crippen LogP contribution in [-0.4, -0.2) is 50.9 Å². The number of hydrogen-bond acceptors (Lipinski definition) is 4. The van der Waals surface area contributed by atoms with Crippen LogP contribution in [0.1, 0.15) is 38.4 Å². The minimum absolute atomic E-state index is 0.0779. The maximum absolute atomic E-state index is 7.82. The van der Waals surface area contributed by atoms with Crippen LogP contribution in [0.25, 0.3) is 0 Å². The number of ether oxygens (including phenoxy) is 3. The van der Waals surface area contributed by atoms with Gasteiger partial charge in [-0.15, -0.1) is 0 Å². The Bertz CT molecular complexity index is 674. The molecule has 4 nitrogen and oxygen atoms in total. The van der Waals surface area contributed by atoms with E-state index in [0.717, 1.165) is 39.3 Å². The number of morpholine rings is 1. The van der Waals surface area contributed by atoms with Crippen LogP contribution in [0.5, 0.6) is 11.5 Å². The highest BCUT2D eigenvalue weighted by Crippen LogP contribution is 2.18. The van der Waals surface area contributed by atoms with Gasteiger partial charge in [-0.05, 0) is 37.1 Å². The van der Waals surface area contributed by atoms with E-state index in [1.807, 2.05) is 0 Å². The third-order valence-corrected chi connectivity index (χ3v) is 3.10. The fraction of sp³-hybridized carbons (Fsp3) is 0.647. The van der Waals surface area contributed by atoms with Crippen LogP contribution in [0.15, 0.2) is 24.3 Å². The monoisotopic (exact) mass is 302 g/mol. The van der Waals surface area contributed by atoms with Gasteiger partial charge < -0.3 is 14.2 Å². The Morgan fingerprint density at radius 2 is 1.90 bits per heavy atom. The van der Waals surface area contributed by atoms with Crippen molar-refractivity contribution in [1.82, 2.24) is 4.90 Å². The van der Waals surface area contributed by atoms with Gasteiger partial charge >= 0.3 is 0 Å². The first-order valence-electron chi connectivity index (χ1n) is 11.5. The average molecular weight is 302 g/mol.